The molecule has 0 amide bonds. The van der Waals surface area contributed by atoms with E-state index in [-0.39, 0.29) is 12.4 Å². The molecule has 0 atom stereocenters. The van der Waals surface area contributed by atoms with Gasteiger partial charge in [0.05, 0.1) is 18.0 Å². The van der Waals surface area contributed by atoms with Crippen molar-refractivity contribution in [3.63, 3.8) is 0 Å². The molecule has 0 saturated heterocycles. The molecule has 75 valence electrons. The van der Waals surface area contributed by atoms with Crippen LogP contribution >= 0.6 is 0 Å². The predicted molar refractivity (Wildman–Crippen MR) is 54.4 cm³/mol. The van der Waals surface area contributed by atoms with Gasteiger partial charge in [-0.3, -0.25) is 0 Å². The van der Waals surface area contributed by atoms with Crippen molar-refractivity contribution in [2.75, 3.05) is 0 Å². The zero-order chi connectivity index (χ0) is 10.7. The van der Waals surface area contributed by atoms with Gasteiger partial charge >= 0.3 is 0 Å². The molecule has 15 heavy (non-hydrogen) atoms. The number of aliphatic hydroxyl groups excluding tert-OH is 1. The van der Waals surface area contributed by atoms with E-state index in [2.05, 4.69) is 11.1 Å². The van der Waals surface area contributed by atoms with Crippen molar-refractivity contribution in [3.05, 3.63) is 54.0 Å². The van der Waals surface area contributed by atoms with Crippen LogP contribution in [0.4, 0.5) is 4.39 Å². The first-order valence-corrected chi connectivity index (χ1v) is 4.54. The van der Waals surface area contributed by atoms with Crippen molar-refractivity contribution < 1.29 is 9.50 Å². The van der Waals surface area contributed by atoms with Crippen molar-refractivity contribution in [3.8, 4) is 11.3 Å². The minimum Gasteiger partial charge on any atom is -0.390 e. The van der Waals surface area contributed by atoms with Gasteiger partial charge in [-0.1, -0.05) is 6.07 Å². The van der Waals surface area contributed by atoms with E-state index in [0.717, 1.165) is 5.56 Å². The molecular weight excluding hydrogens is 193 g/mol. The zero-order valence-electron chi connectivity index (χ0n) is 7.94. The van der Waals surface area contributed by atoms with E-state index in [1.54, 1.807) is 24.3 Å². The number of nitrogens with zero attached hydrogens (tertiary/aromatic N) is 1. The maximum absolute atomic E-state index is 12.7. The minimum absolute atomic E-state index is 0.144. The predicted octanol–water partition coefficient (Wildman–Crippen LogP) is 2.18. The van der Waals surface area contributed by atoms with Crippen LogP contribution in [0.2, 0.25) is 0 Å². The Morgan fingerprint density at radius 1 is 1.20 bits per heavy atom. The Bertz CT molecular complexity index is 453. The van der Waals surface area contributed by atoms with E-state index in [0.29, 0.717) is 11.4 Å². The summed E-state index contributed by atoms with van der Waals surface area (Å²) in [5.41, 5.74) is 2.01. The summed E-state index contributed by atoms with van der Waals surface area (Å²) in [5, 5.41) is 8.90. The molecular formula is C12H9FNO. The molecule has 0 aliphatic carbocycles. The fraction of sp³-hybridized carbons (Fsp3) is 0.0833. The monoisotopic (exact) mass is 202 g/mol. The van der Waals surface area contributed by atoms with Crippen molar-refractivity contribution in [2.24, 2.45) is 0 Å². The van der Waals surface area contributed by atoms with Crippen LogP contribution in [0.1, 0.15) is 5.69 Å². The molecule has 2 rings (SSSR count). The molecule has 3 heteroatoms. The van der Waals surface area contributed by atoms with E-state index < -0.39 is 0 Å². The Kier molecular flexibility index (Phi) is 2.74. The van der Waals surface area contributed by atoms with Crippen LogP contribution in [0.3, 0.4) is 0 Å². The van der Waals surface area contributed by atoms with Gasteiger partial charge in [0, 0.05) is 11.6 Å². The van der Waals surface area contributed by atoms with E-state index in [4.69, 9.17) is 5.11 Å². The van der Waals surface area contributed by atoms with Gasteiger partial charge in [0.1, 0.15) is 5.82 Å². The normalized spacial score (nSPS) is 10.3. The lowest BCUT2D eigenvalue weighted by atomic mass is 10.1. The Labute approximate surface area is 87.0 Å². The third-order valence-electron chi connectivity index (χ3n) is 2.04. The van der Waals surface area contributed by atoms with Gasteiger partial charge in [-0.2, -0.15) is 0 Å². The van der Waals surface area contributed by atoms with Gasteiger partial charge in [0.25, 0.3) is 0 Å². The van der Waals surface area contributed by atoms with Gasteiger partial charge in [0.2, 0.25) is 0 Å². The van der Waals surface area contributed by atoms with Gasteiger partial charge < -0.3 is 5.11 Å². The molecule has 1 aromatic heterocycles. The molecule has 0 saturated carbocycles. The van der Waals surface area contributed by atoms with Crippen LogP contribution in [-0.4, -0.2) is 10.1 Å². The number of aromatic nitrogens is 1. The largest absolute Gasteiger partial charge is 0.390 e. The number of hydrogen-bond donors (Lipinski definition) is 1. The zero-order valence-corrected chi connectivity index (χ0v) is 7.94. The van der Waals surface area contributed by atoms with Gasteiger partial charge in [0.15, 0.2) is 0 Å². The SMILES string of the molecule is OCc1[c]ccc(-c2ccc(F)cc2)n1. The molecule has 1 radical (unpaired) electrons. The van der Waals surface area contributed by atoms with Crippen molar-refractivity contribution in [1.29, 1.82) is 0 Å². The first-order valence-electron chi connectivity index (χ1n) is 4.54. The number of benzene rings is 1. The average molecular weight is 202 g/mol. The lowest BCUT2D eigenvalue weighted by Crippen LogP contribution is -1.91. The van der Waals surface area contributed by atoms with Crippen LogP contribution in [0.15, 0.2) is 36.4 Å². The molecule has 0 aliphatic rings. The van der Waals surface area contributed by atoms with Crippen LogP contribution in [0.5, 0.6) is 0 Å². The number of pyridine rings is 1. The highest BCUT2D eigenvalue weighted by molar-refractivity contribution is 5.58. The van der Waals surface area contributed by atoms with Gasteiger partial charge in [-0.05, 0) is 30.3 Å². The average Bonchev–Trinajstić information content (AvgIpc) is 2.30. The maximum Gasteiger partial charge on any atom is 0.123 e. The van der Waals surface area contributed by atoms with E-state index >= 15 is 0 Å². The molecule has 0 spiro atoms. The summed E-state index contributed by atoms with van der Waals surface area (Å²) in [7, 11) is 0. The standard InChI is InChI=1S/C12H9FNO/c13-10-6-4-9(5-7-10)12-3-1-2-11(8-15)14-12/h1,3-7,15H,8H2. The molecule has 1 heterocycles. The first-order chi connectivity index (χ1) is 7.29. The molecule has 0 aliphatic heterocycles. The summed E-state index contributed by atoms with van der Waals surface area (Å²) in [6.07, 6.45) is 0. The summed E-state index contributed by atoms with van der Waals surface area (Å²) >= 11 is 0. The molecule has 2 aromatic rings. The second kappa shape index (κ2) is 4.19. The number of hydrogen-bond acceptors (Lipinski definition) is 2. The van der Waals surface area contributed by atoms with Crippen molar-refractivity contribution >= 4 is 0 Å². The lowest BCUT2D eigenvalue weighted by Gasteiger charge is -2.02. The van der Waals surface area contributed by atoms with Crippen LogP contribution in [0, 0.1) is 11.9 Å². The van der Waals surface area contributed by atoms with Gasteiger partial charge in [-0.15, -0.1) is 0 Å². The Balaban J connectivity index is 2.40. The number of aliphatic hydroxyl groups is 1. The molecule has 1 N–H and O–H groups in total. The second-order valence-electron chi connectivity index (χ2n) is 3.09. The minimum atomic E-state index is -0.274. The maximum atomic E-state index is 12.7. The molecule has 0 bridgehead atoms. The number of halogens is 1. The molecule has 1 aromatic carbocycles. The van der Waals surface area contributed by atoms with Gasteiger partial charge in [-0.25, -0.2) is 9.37 Å². The Morgan fingerprint density at radius 2 is 1.93 bits per heavy atom. The molecule has 2 nitrogen and oxygen atoms in total. The van der Waals surface area contributed by atoms with Crippen LogP contribution < -0.4 is 0 Å². The molecule has 0 fully saturated rings. The smallest absolute Gasteiger partial charge is 0.123 e. The van der Waals surface area contributed by atoms with E-state index in [9.17, 15) is 4.39 Å². The third-order valence-corrected chi connectivity index (χ3v) is 2.04. The van der Waals surface area contributed by atoms with E-state index in [1.807, 2.05) is 0 Å². The summed E-state index contributed by atoms with van der Waals surface area (Å²) in [4.78, 5) is 4.16. The Hall–Kier alpha value is -1.74. The first kappa shape index (κ1) is 9.80. The van der Waals surface area contributed by atoms with Crippen LogP contribution in [-0.2, 0) is 6.61 Å². The quantitative estimate of drug-likeness (QED) is 0.809. The third kappa shape index (κ3) is 2.19. The summed E-state index contributed by atoms with van der Waals surface area (Å²) in [5.74, 6) is -0.274. The highest BCUT2D eigenvalue weighted by Gasteiger charge is 2.00. The summed E-state index contributed by atoms with van der Waals surface area (Å²) in [6, 6.07) is 12.3. The van der Waals surface area contributed by atoms with Crippen LogP contribution in [0.25, 0.3) is 11.3 Å². The fourth-order valence-electron chi connectivity index (χ4n) is 1.29. The topological polar surface area (TPSA) is 33.1 Å². The highest BCUT2D eigenvalue weighted by Crippen LogP contribution is 2.17. The van der Waals surface area contributed by atoms with Crippen molar-refractivity contribution in [2.45, 2.75) is 6.61 Å². The lowest BCUT2D eigenvalue weighted by molar-refractivity contribution is 0.276. The fourth-order valence-corrected chi connectivity index (χ4v) is 1.29. The Morgan fingerprint density at radius 3 is 2.60 bits per heavy atom. The summed E-state index contributed by atoms with van der Waals surface area (Å²) in [6.45, 7) is -0.144. The van der Waals surface area contributed by atoms with Crippen molar-refractivity contribution in [1.82, 2.24) is 4.98 Å². The second-order valence-corrected chi connectivity index (χ2v) is 3.09. The highest BCUT2D eigenvalue weighted by atomic mass is 19.1. The molecule has 0 unspecified atom stereocenters. The number of rotatable bonds is 2. The summed E-state index contributed by atoms with van der Waals surface area (Å²) < 4.78 is 12.7. The van der Waals surface area contributed by atoms with E-state index in [1.165, 1.54) is 12.1 Å².